The van der Waals surface area contributed by atoms with Gasteiger partial charge in [-0.1, -0.05) is 66.7 Å². The quantitative estimate of drug-likeness (QED) is 0.261. The lowest BCUT2D eigenvalue weighted by molar-refractivity contribution is -0.159. The molecule has 0 saturated carbocycles. The number of furan rings is 1. The van der Waals surface area contributed by atoms with Crippen molar-refractivity contribution in [3.05, 3.63) is 114 Å². The van der Waals surface area contributed by atoms with Crippen LogP contribution in [0, 0.1) is 5.82 Å². The van der Waals surface area contributed by atoms with Crippen molar-refractivity contribution in [1.29, 1.82) is 0 Å². The van der Waals surface area contributed by atoms with E-state index in [9.17, 15) is 9.50 Å². The molecule has 0 saturated heterocycles. The summed E-state index contributed by atoms with van der Waals surface area (Å²) in [5.41, 5.74) is 4.85. The second kappa shape index (κ2) is 13.0. The highest BCUT2D eigenvalue weighted by atomic mass is 19.1. The van der Waals surface area contributed by atoms with E-state index in [1.54, 1.807) is 18.4 Å². The Hall–Kier alpha value is -4.27. The van der Waals surface area contributed by atoms with E-state index in [0.29, 0.717) is 0 Å². The van der Waals surface area contributed by atoms with Gasteiger partial charge in [-0.25, -0.2) is 14.0 Å². The van der Waals surface area contributed by atoms with Gasteiger partial charge < -0.3 is 19.7 Å². The molecule has 0 fully saturated rings. The normalized spacial score (nSPS) is 15.1. The summed E-state index contributed by atoms with van der Waals surface area (Å²) in [5, 5.41) is 26.8. The Kier molecular flexibility index (Phi) is 9.25. The lowest BCUT2D eigenvalue weighted by Gasteiger charge is -2.30. The number of aliphatic hydroxyl groups is 1. The first-order valence-corrected chi connectivity index (χ1v) is 12.7. The fourth-order valence-corrected chi connectivity index (χ4v) is 4.85. The summed E-state index contributed by atoms with van der Waals surface area (Å²) in [6.45, 7) is 2.58. The Bertz CT molecular complexity index is 1420. The topological polar surface area (TPSA) is 111 Å². The monoisotopic (exact) mass is 531 g/mol. The van der Waals surface area contributed by atoms with Crippen LogP contribution in [0.15, 0.2) is 95.6 Å². The van der Waals surface area contributed by atoms with Crippen molar-refractivity contribution in [1.82, 2.24) is 4.90 Å². The SMILES string of the molecule is O=C(O)C(=O)O.OC(c1ccccc1)C(CCN1CC=C(c2cc(F)cc3ccoc23)CC1)c1ccccc1. The second-order valence-electron chi connectivity index (χ2n) is 9.34. The molecular weight excluding hydrogens is 501 g/mol. The van der Waals surface area contributed by atoms with Crippen LogP contribution in [0.2, 0.25) is 0 Å². The zero-order valence-corrected chi connectivity index (χ0v) is 21.2. The van der Waals surface area contributed by atoms with Crippen molar-refractivity contribution in [3.8, 4) is 0 Å². The van der Waals surface area contributed by atoms with Crippen LogP contribution >= 0.6 is 0 Å². The molecule has 8 heteroatoms. The van der Waals surface area contributed by atoms with Crippen molar-refractivity contribution in [2.45, 2.75) is 24.9 Å². The zero-order chi connectivity index (χ0) is 27.8. The number of nitrogens with zero attached hydrogens (tertiary/aromatic N) is 1. The number of rotatable bonds is 7. The minimum atomic E-state index is -1.82. The summed E-state index contributed by atoms with van der Waals surface area (Å²) >= 11 is 0. The number of aliphatic carboxylic acids is 2. The largest absolute Gasteiger partial charge is 0.473 e. The summed E-state index contributed by atoms with van der Waals surface area (Å²) in [7, 11) is 0. The summed E-state index contributed by atoms with van der Waals surface area (Å²) in [5.74, 6) is -3.86. The first-order chi connectivity index (χ1) is 18.8. The Morgan fingerprint density at radius 3 is 2.15 bits per heavy atom. The van der Waals surface area contributed by atoms with E-state index in [1.807, 2.05) is 48.5 Å². The number of carboxylic acids is 2. The lowest BCUT2D eigenvalue weighted by Crippen LogP contribution is -2.31. The van der Waals surface area contributed by atoms with Gasteiger partial charge in [-0.2, -0.15) is 0 Å². The van der Waals surface area contributed by atoms with Gasteiger partial charge in [0.1, 0.15) is 11.4 Å². The number of hydrogen-bond acceptors (Lipinski definition) is 5. The van der Waals surface area contributed by atoms with E-state index >= 15 is 0 Å². The van der Waals surface area contributed by atoms with Crippen LogP contribution in [0.25, 0.3) is 16.5 Å². The molecule has 3 N–H and O–H groups in total. The standard InChI is InChI=1S/C29H28FNO2.C2H2O4/c30-25-19-24-14-18-33-29(24)27(20-25)22-11-15-31(16-12-22)17-13-26(21-7-3-1-4-8-21)28(32)23-9-5-2-6-10-23;3-1(4)2(5)6/h1-11,14,18-20,26,28,32H,12-13,15-17H2;(H,3,4)(H,5,6). The maximum atomic E-state index is 14.1. The van der Waals surface area contributed by atoms with Gasteiger partial charge in [-0.3, -0.25) is 4.90 Å². The maximum absolute atomic E-state index is 14.1. The van der Waals surface area contributed by atoms with E-state index < -0.39 is 18.0 Å². The van der Waals surface area contributed by atoms with Crippen LogP contribution in [-0.4, -0.2) is 51.8 Å². The first-order valence-electron chi connectivity index (χ1n) is 12.7. The summed E-state index contributed by atoms with van der Waals surface area (Å²) < 4.78 is 19.7. The third-order valence-corrected chi connectivity index (χ3v) is 6.84. The van der Waals surface area contributed by atoms with Crippen molar-refractivity contribution in [2.75, 3.05) is 19.6 Å². The van der Waals surface area contributed by atoms with Crippen LogP contribution in [0.3, 0.4) is 0 Å². The molecule has 0 bridgehead atoms. The molecule has 5 rings (SSSR count). The molecule has 1 aliphatic rings. The highest BCUT2D eigenvalue weighted by Crippen LogP contribution is 2.35. The number of carbonyl (C=O) groups is 2. The molecule has 2 unspecified atom stereocenters. The van der Waals surface area contributed by atoms with Gasteiger partial charge in [0.2, 0.25) is 0 Å². The van der Waals surface area contributed by atoms with Crippen LogP contribution in [0.5, 0.6) is 0 Å². The molecule has 2 atom stereocenters. The Balaban J connectivity index is 0.000000531. The molecule has 1 aromatic heterocycles. The van der Waals surface area contributed by atoms with Crippen molar-refractivity contribution in [2.24, 2.45) is 0 Å². The number of fused-ring (bicyclic) bond motifs is 1. The Morgan fingerprint density at radius 1 is 0.923 bits per heavy atom. The van der Waals surface area contributed by atoms with Gasteiger partial charge in [0, 0.05) is 30.0 Å². The van der Waals surface area contributed by atoms with E-state index in [2.05, 4.69) is 23.1 Å². The van der Waals surface area contributed by atoms with Gasteiger partial charge >= 0.3 is 11.9 Å². The van der Waals surface area contributed by atoms with Crippen LogP contribution in [0.1, 0.15) is 41.6 Å². The number of benzene rings is 3. The minimum Gasteiger partial charge on any atom is -0.473 e. The summed E-state index contributed by atoms with van der Waals surface area (Å²) in [4.78, 5) is 20.6. The molecular formula is C31H30FNO6. The number of carboxylic acid groups (broad SMARTS) is 2. The van der Waals surface area contributed by atoms with Crippen LogP contribution in [-0.2, 0) is 9.59 Å². The fourth-order valence-electron chi connectivity index (χ4n) is 4.85. The van der Waals surface area contributed by atoms with E-state index in [1.165, 1.54) is 6.07 Å². The third-order valence-electron chi connectivity index (χ3n) is 6.84. The van der Waals surface area contributed by atoms with Gasteiger partial charge in [0.25, 0.3) is 0 Å². The van der Waals surface area contributed by atoms with Gasteiger partial charge in [0.15, 0.2) is 0 Å². The molecule has 3 aromatic carbocycles. The molecule has 0 radical (unpaired) electrons. The Morgan fingerprint density at radius 2 is 1.56 bits per heavy atom. The fraction of sp³-hybridized carbons (Fsp3) is 0.226. The summed E-state index contributed by atoms with van der Waals surface area (Å²) in [6.07, 6.45) is 4.95. The molecule has 0 aliphatic carbocycles. The maximum Gasteiger partial charge on any atom is 0.414 e. The van der Waals surface area contributed by atoms with Crippen molar-refractivity contribution < 1.29 is 33.7 Å². The van der Waals surface area contributed by atoms with Crippen molar-refractivity contribution in [3.63, 3.8) is 0 Å². The lowest BCUT2D eigenvalue weighted by atomic mass is 9.86. The third kappa shape index (κ3) is 7.19. The van der Waals surface area contributed by atoms with Gasteiger partial charge in [-0.05, 0) is 54.3 Å². The number of aliphatic hydroxyl groups excluding tert-OH is 1. The van der Waals surface area contributed by atoms with Crippen LogP contribution in [0.4, 0.5) is 4.39 Å². The molecule has 4 aromatic rings. The molecule has 39 heavy (non-hydrogen) atoms. The highest BCUT2D eigenvalue weighted by Gasteiger charge is 2.24. The van der Waals surface area contributed by atoms with Crippen LogP contribution < -0.4 is 0 Å². The first kappa shape index (κ1) is 27.8. The average molecular weight is 532 g/mol. The smallest absolute Gasteiger partial charge is 0.414 e. The highest BCUT2D eigenvalue weighted by molar-refractivity contribution is 6.27. The molecule has 202 valence electrons. The van der Waals surface area contributed by atoms with E-state index in [4.69, 9.17) is 24.2 Å². The zero-order valence-electron chi connectivity index (χ0n) is 21.2. The molecule has 7 nitrogen and oxygen atoms in total. The molecule has 0 spiro atoms. The predicted octanol–water partition coefficient (Wildman–Crippen LogP) is 5.72. The Labute approximate surface area is 225 Å². The molecule has 0 amide bonds. The molecule has 1 aliphatic heterocycles. The van der Waals surface area contributed by atoms with E-state index in [0.717, 1.165) is 65.7 Å². The summed E-state index contributed by atoms with van der Waals surface area (Å²) in [6, 6.07) is 25.1. The average Bonchev–Trinajstić information content (AvgIpc) is 3.43. The van der Waals surface area contributed by atoms with Gasteiger partial charge in [0.05, 0.1) is 12.4 Å². The predicted molar refractivity (Wildman–Crippen MR) is 146 cm³/mol. The number of hydrogen-bond donors (Lipinski definition) is 3. The van der Waals surface area contributed by atoms with E-state index in [-0.39, 0.29) is 11.7 Å². The second-order valence-corrected chi connectivity index (χ2v) is 9.34. The minimum absolute atomic E-state index is 0.0185. The van der Waals surface area contributed by atoms with Crippen molar-refractivity contribution >= 4 is 28.5 Å². The number of halogens is 1. The molecule has 2 heterocycles. The van der Waals surface area contributed by atoms with Gasteiger partial charge in [-0.15, -0.1) is 0 Å².